The summed E-state index contributed by atoms with van der Waals surface area (Å²) in [5.41, 5.74) is 4.85. The molecule has 0 aliphatic carbocycles. The predicted octanol–water partition coefficient (Wildman–Crippen LogP) is 3.39. The highest BCUT2D eigenvalue weighted by Crippen LogP contribution is 2.15. The van der Waals surface area contributed by atoms with Gasteiger partial charge in [0.05, 0.1) is 0 Å². The topological polar surface area (TPSA) is 62.0 Å². The zero-order chi connectivity index (χ0) is 17.8. The number of amides is 1. The summed E-state index contributed by atoms with van der Waals surface area (Å²) in [6, 6.07) is 15.9. The number of carbonyl (C=O) groups excluding carboxylic acids is 1. The molecule has 2 N–H and O–H groups in total. The van der Waals surface area contributed by atoms with Crippen molar-refractivity contribution in [3.05, 3.63) is 81.1 Å². The fourth-order valence-electron chi connectivity index (χ4n) is 2.89. The van der Waals surface area contributed by atoms with E-state index in [4.69, 9.17) is 0 Å². The Hall–Kier alpha value is -2.88. The second-order valence-corrected chi connectivity index (χ2v) is 6.47. The van der Waals surface area contributed by atoms with Crippen LogP contribution in [0, 0.1) is 13.8 Å². The molecule has 0 bridgehead atoms. The van der Waals surface area contributed by atoms with Crippen LogP contribution >= 0.6 is 0 Å². The quantitative estimate of drug-likeness (QED) is 0.751. The number of nitrogens with one attached hydrogen (secondary N) is 2. The monoisotopic (exact) mass is 334 g/mol. The number of aryl methyl sites for hydroxylation is 3. The molecule has 1 amide bonds. The maximum Gasteiger partial charge on any atom is 0.251 e. The summed E-state index contributed by atoms with van der Waals surface area (Å²) >= 11 is 0. The van der Waals surface area contributed by atoms with Gasteiger partial charge in [-0.05, 0) is 55.0 Å². The van der Waals surface area contributed by atoms with Crippen molar-refractivity contribution in [2.45, 2.75) is 33.2 Å². The van der Waals surface area contributed by atoms with E-state index < -0.39 is 0 Å². The average Bonchev–Trinajstić information content (AvgIpc) is 2.59. The summed E-state index contributed by atoms with van der Waals surface area (Å²) in [5.74, 6) is 0.0410. The lowest BCUT2D eigenvalue weighted by Crippen LogP contribution is -2.23. The Balaban J connectivity index is 1.59. The van der Waals surface area contributed by atoms with E-state index in [0.717, 1.165) is 22.0 Å². The minimum Gasteiger partial charge on any atom is -0.352 e. The van der Waals surface area contributed by atoms with Crippen molar-refractivity contribution >= 4 is 16.8 Å². The van der Waals surface area contributed by atoms with E-state index in [2.05, 4.69) is 16.4 Å². The van der Waals surface area contributed by atoms with Crippen molar-refractivity contribution < 1.29 is 4.79 Å². The van der Waals surface area contributed by atoms with Gasteiger partial charge in [-0.1, -0.05) is 35.9 Å². The van der Waals surface area contributed by atoms with Crippen LogP contribution in [0.25, 0.3) is 10.9 Å². The number of hydrogen-bond acceptors (Lipinski definition) is 2. The minimum atomic E-state index is -0.0595. The molecule has 0 unspecified atom stereocenters. The lowest BCUT2D eigenvalue weighted by atomic mass is 10.1. The number of hydrogen-bond donors (Lipinski definition) is 2. The van der Waals surface area contributed by atoms with Gasteiger partial charge >= 0.3 is 0 Å². The van der Waals surface area contributed by atoms with Gasteiger partial charge in [-0.2, -0.15) is 0 Å². The van der Waals surface area contributed by atoms with E-state index >= 15 is 0 Å². The van der Waals surface area contributed by atoms with Crippen LogP contribution in [0.4, 0.5) is 0 Å². The molecule has 0 radical (unpaired) electrons. The molecule has 3 rings (SSSR count). The number of pyridine rings is 1. The predicted molar refractivity (Wildman–Crippen MR) is 101 cm³/mol. The van der Waals surface area contributed by atoms with Gasteiger partial charge in [0.2, 0.25) is 5.91 Å². The van der Waals surface area contributed by atoms with E-state index in [1.807, 2.05) is 49.4 Å². The molecule has 1 aromatic heterocycles. The van der Waals surface area contributed by atoms with Crippen LogP contribution in [-0.4, -0.2) is 10.9 Å². The molecule has 0 aliphatic heterocycles. The van der Waals surface area contributed by atoms with Gasteiger partial charge in [-0.15, -0.1) is 0 Å². The van der Waals surface area contributed by atoms with Gasteiger partial charge in [-0.25, -0.2) is 0 Å². The van der Waals surface area contributed by atoms with Crippen molar-refractivity contribution in [2.24, 2.45) is 0 Å². The Morgan fingerprint density at radius 1 is 1.04 bits per heavy atom. The fourth-order valence-corrected chi connectivity index (χ4v) is 2.89. The second-order valence-electron chi connectivity index (χ2n) is 6.47. The van der Waals surface area contributed by atoms with Crippen molar-refractivity contribution in [3.63, 3.8) is 0 Å². The molecule has 0 spiro atoms. The molecule has 4 heteroatoms. The van der Waals surface area contributed by atoms with Crippen LogP contribution in [0.15, 0.2) is 53.3 Å². The van der Waals surface area contributed by atoms with Gasteiger partial charge in [0, 0.05) is 24.0 Å². The van der Waals surface area contributed by atoms with E-state index in [0.29, 0.717) is 24.9 Å². The van der Waals surface area contributed by atoms with Crippen molar-refractivity contribution in [2.75, 3.05) is 0 Å². The molecule has 0 aliphatic rings. The molecular formula is C21H22N2O2. The number of fused-ring (bicyclic) bond motifs is 1. The maximum atomic E-state index is 12.1. The van der Waals surface area contributed by atoms with E-state index in [1.165, 1.54) is 5.56 Å². The Kier molecular flexibility index (Phi) is 4.98. The summed E-state index contributed by atoms with van der Waals surface area (Å²) in [6.45, 7) is 4.39. The first kappa shape index (κ1) is 17.0. The molecule has 2 aromatic carbocycles. The normalized spacial score (nSPS) is 10.8. The van der Waals surface area contributed by atoms with Gasteiger partial charge in [0.15, 0.2) is 0 Å². The van der Waals surface area contributed by atoms with Crippen LogP contribution in [0.5, 0.6) is 0 Å². The fraction of sp³-hybridized carbons (Fsp3) is 0.238. The lowest BCUT2D eigenvalue weighted by molar-refractivity contribution is -0.121. The van der Waals surface area contributed by atoms with Crippen LogP contribution < -0.4 is 10.9 Å². The highest BCUT2D eigenvalue weighted by molar-refractivity contribution is 5.80. The molecule has 0 fully saturated rings. The van der Waals surface area contributed by atoms with Crippen molar-refractivity contribution in [1.29, 1.82) is 0 Å². The summed E-state index contributed by atoms with van der Waals surface area (Å²) in [5, 5.41) is 3.96. The summed E-state index contributed by atoms with van der Waals surface area (Å²) in [7, 11) is 0. The Morgan fingerprint density at radius 2 is 1.88 bits per heavy atom. The third-order valence-electron chi connectivity index (χ3n) is 4.31. The number of aromatic amines is 1. The molecule has 3 aromatic rings. The molecule has 0 saturated carbocycles. The highest BCUT2D eigenvalue weighted by Gasteiger charge is 2.05. The Morgan fingerprint density at radius 3 is 2.68 bits per heavy atom. The van der Waals surface area contributed by atoms with Crippen molar-refractivity contribution in [1.82, 2.24) is 10.3 Å². The maximum absolute atomic E-state index is 12.1. The minimum absolute atomic E-state index is 0.0410. The molecular weight excluding hydrogens is 312 g/mol. The molecule has 0 atom stereocenters. The molecule has 25 heavy (non-hydrogen) atoms. The zero-order valence-electron chi connectivity index (χ0n) is 14.6. The average molecular weight is 334 g/mol. The Labute approximate surface area is 146 Å². The van der Waals surface area contributed by atoms with E-state index in [1.54, 1.807) is 6.92 Å². The summed E-state index contributed by atoms with van der Waals surface area (Å²) in [6.07, 6.45) is 1.12. The smallest absolute Gasteiger partial charge is 0.251 e. The summed E-state index contributed by atoms with van der Waals surface area (Å²) < 4.78 is 0. The van der Waals surface area contributed by atoms with Crippen molar-refractivity contribution in [3.8, 4) is 0 Å². The van der Waals surface area contributed by atoms with Crippen LogP contribution in [-0.2, 0) is 17.8 Å². The Bertz CT molecular complexity index is 973. The molecule has 0 saturated heterocycles. The number of carbonyl (C=O) groups is 1. The number of benzene rings is 2. The molecule has 128 valence electrons. The lowest BCUT2D eigenvalue weighted by Gasteiger charge is -2.07. The highest BCUT2D eigenvalue weighted by atomic mass is 16.1. The summed E-state index contributed by atoms with van der Waals surface area (Å²) in [4.78, 5) is 26.6. The van der Waals surface area contributed by atoms with Gasteiger partial charge < -0.3 is 10.3 Å². The first-order valence-corrected chi connectivity index (χ1v) is 8.46. The number of rotatable bonds is 5. The standard InChI is InChI=1S/C21H22N2O2/c1-14-4-3-5-17(10-14)13-22-20(24)9-7-16-6-8-19-18(12-16)11-15(2)21(25)23-19/h3-6,8,10-12H,7,9,13H2,1-2H3,(H,22,24)(H,23,25). The zero-order valence-corrected chi connectivity index (χ0v) is 14.6. The number of H-pyrrole nitrogens is 1. The molecule has 1 heterocycles. The van der Waals surface area contributed by atoms with Gasteiger partial charge in [0.1, 0.15) is 0 Å². The van der Waals surface area contributed by atoms with Gasteiger partial charge in [-0.3, -0.25) is 9.59 Å². The van der Waals surface area contributed by atoms with Gasteiger partial charge in [0.25, 0.3) is 5.56 Å². The number of aromatic nitrogens is 1. The van der Waals surface area contributed by atoms with Crippen LogP contribution in [0.1, 0.15) is 28.7 Å². The SMILES string of the molecule is Cc1cccc(CNC(=O)CCc2ccc3[nH]c(=O)c(C)cc3c2)c1. The first-order chi connectivity index (χ1) is 12.0. The van der Waals surface area contributed by atoms with E-state index in [-0.39, 0.29) is 11.5 Å². The third-order valence-corrected chi connectivity index (χ3v) is 4.31. The molecule has 4 nitrogen and oxygen atoms in total. The third kappa shape index (κ3) is 4.35. The first-order valence-electron chi connectivity index (χ1n) is 8.46. The van der Waals surface area contributed by atoms with E-state index in [9.17, 15) is 9.59 Å². The second kappa shape index (κ2) is 7.34. The van der Waals surface area contributed by atoms with Crippen LogP contribution in [0.3, 0.4) is 0 Å². The largest absolute Gasteiger partial charge is 0.352 e. The van der Waals surface area contributed by atoms with Crippen LogP contribution in [0.2, 0.25) is 0 Å².